The molecule has 0 heterocycles. The molecule has 8 heteroatoms. The number of carbonyl (C=O) groups excluding carboxylic acids is 6. The van der Waals surface area contributed by atoms with E-state index in [0.29, 0.717) is 17.7 Å². The molecule has 0 aliphatic heterocycles. The Kier molecular flexibility index (Phi) is 12.5. The van der Waals surface area contributed by atoms with Crippen molar-refractivity contribution in [3.8, 4) is 6.07 Å². The Labute approximate surface area is 216 Å². The number of Topliss-reactive ketones (excluding diaryl/α,β-unsaturated/α-hetero) is 5. The molecule has 0 amide bonds. The molecule has 0 aromatic heterocycles. The van der Waals surface area contributed by atoms with Gasteiger partial charge in [0.15, 0.2) is 0 Å². The topological polar surface area (TPSA) is 135 Å². The first kappa shape index (κ1) is 30.8. The zero-order valence-corrected chi connectivity index (χ0v) is 21.5. The standard InChI is InChI=1S/C23H21NO4.C6H10O3/c1-16(25)20(17(2)26)21(27)22(28)23(15-24,13-18-9-5-3-6-10-18)14-19-11-7-4-8-12-19;1-3-9-6(8)4-5(2)7/h3-12,20H,13-14H2,1-2H3;3-4H2,1-2H3. The molecule has 194 valence electrons. The highest BCUT2D eigenvalue weighted by molar-refractivity contribution is 6.47. The van der Waals surface area contributed by atoms with Crippen LogP contribution in [0.5, 0.6) is 0 Å². The van der Waals surface area contributed by atoms with Crippen LogP contribution in [0.25, 0.3) is 0 Å². The van der Waals surface area contributed by atoms with Crippen molar-refractivity contribution in [3.63, 3.8) is 0 Å². The lowest BCUT2D eigenvalue weighted by atomic mass is 9.71. The molecule has 2 aromatic rings. The van der Waals surface area contributed by atoms with Crippen LogP contribution >= 0.6 is 0 Å². The second kappa shape index (κ2) is 15.0. The Hall–Kier alpha value is -4.25. The summed E-state index contributed by atoms with van der Waals surface area (Å²) in [6, 6.07) is 19.8. The van der Waals surface area contributed by atoms with Crippen LogP contribution in [-0.2, 0) is 46.3 Å². The van der Waals surface area contributed by atoms with Crippen LogP contribution in [0.4, 0.5) is 0 Å². The molecule has 2 rings (SSSR count). The maximum absolute atomic E-state index is 13.2. The minimum atomic E-state index is -1.71. The van der Waals surface area contributed by atoms with Crippen molar-refractivity contribution in [2.24, 2.45) is 11.3 Å². The number of hydrogen-bond acceptors (Lipinski definition) is 8. The lowest BCUT2D eigenvalue weighted by molar-refractivity contribution is -0.148. The van der Waals surface area contributed by atoms with E-state index < -0.39 is 40.4 Å². The van der Waals surface area contributed by atoms with E-state index in [-0.39, 0.29) is 25.0 Å². The van der Waals surface area contributed by atoms with E-state index in [9.17, 15) is 34.0 Å². The lowest BCUT2D eigenvalue weighted by Gasteiger charge is -2.26. The molecule has 0 aliphatic carbocycles. The number of nitrogens with zero attached hydrogens (tertiary/aromatic N) is 1. The normalized spacial score (nSPS) is 10.4. The maximum Gasteiger partial charge on any atom is 0.313 e. The van der Waals surface area contributed by atoms with Gasteiger partial charge in [-0.25, -0.2) is 0 Å². The zero-order valence-electron chi connectivity index (χ0n) is 21.5. The second-order valence-electron chi connectivity index (χ2n) is 8.55. The molecule has 0 saturated carbocycles. The molecule has 0 N–H and O–H groups in total. The van der Waals surface area contributed by atoms with Crippen LogP contribution in [0.3, 0.4) is 0 Å². The summed E-state index contributed by atoms with van der Waals surface area (Å²) in [4.78, 5) is 70.2. The number of benzene rings is 2. The molecular weight excluding hydrogens is 474 g/mol. The molecule has 0 aliphatic rings. The summed E-state index contributed by atoms with van der Waals surface area (Å²) in [6.07, 6.45) is -0.0908. The first-order valence-corrected chi connectivity index (χ1v) is 11.7. The summed E-state index contributed by atoms with van der Waals surface area (Å²) >= 11 is 0. The Morgan fingerprint density at radius 1 is 0.811 bits per heavy atom. The minimum absolute atomic E-state index is 0.00629. The van der Waals surface area contributed by atoms with Gasteiger partial charge in [-0.2, -0.15) is 5.26 Å². The number of hydrogen-bond donors (Lipinski definition) is 0. The second-order valence-corrected chi connectivity index (χ2v) is 8.55. The van der Waals surface area contributed by atoms with Gasteiger partial charge in [0.1, 0.15) is 35.1 Å². The van der Waals surface area contributed by atoms with E-state index in [0.717, 1.165) is 13.8 Å². The van der Waals surface area contributed by atoms with E-state index in [1.165, 1.54) is 6.92 Å². The largest absolute Gasteiger partial charge is 0.466 e. The van der Waals surface area contributed by atoms with Crippen LogP contribution in [-0.4, -0.2) is 41.5 Å². The Bertz CT molecular complexity index is 1110. The van der Waals surface area contributed by atoms with Gasteiger partial charge >= 0.3 is 5.97 Å². The van der Waals surface area contributed by atoms with Crippen molar-refractivity contribution in [1.29, 1.82) is 5.26 Å². The van der Waals surface area contributed by atoms with Gasteiger partial charge in [-0.1, -0.05) is 60.7 Å². The van der Waals surface area contributed by atoms with Gasteiger partial charge in [-0.3, -0.25) is 28.8 Å². The molecule has 37 heavy (non-hydrogen) atoms. The number of nitriles is 1. The summed E-state index contributed by atoms with van der Waals surface area (Å²) in [6.45, 7) is 5.60. The fourth-order valence-electron chi connectivity index (χ4n) is 3.68. The molecular formula is C29H31NO7. The van der Waals surface area contributed by atoms with Crippen LogP contribution < -0.4 is 0 Å². The first-order valence-electron chi connectivity index (χ1n) is 11.7. The van der Waals surface area contributed by atoms with Gasteiger partial charge in [-0.05, 0) is 51.7 Å². The third kappa shape index (κ3) is 9.73. The Morgan fingerprint density at radius 3 is 1.57 bits per heavy atom. The van der Waals surface area contributed by atoms with Gasteiger partial charge in [0.2, 0.25) is 11.6 Å². The molecule has 0 unspecified atom stereocenters. The average molecular weight is 506 g/mol. The predicted octanol–water partition coefficient (Wildman–Crippen LogP) is 3.44. The molecule has 0 fully saturated rings. The van der Waals surface area contributed by atoms with Crippen LogP contribution in [0.2, 0.25) is 0 Å². The molecule has 0 bridgehead atoms. The van der Waals surface area contributed by atoms with Crippen molar-refractivity contribution in [3.05, 3.63) is 71.8 Å². The van der Waals surface area contributed by atoms with E-state index in [4.69, 9.17) is 0 Å². The first-order chi connectivity index (χ1) is 17.5. The summed E-state index contributed by atoms with van der Waals surface area (Å²) in [5.41, 5.74) is -0.283. The number of ketones is 5. The van der Waals surface area contributed by atoms with E-state index in [2.05, 4.69) is 4.74 Å². The van der Waals surface area contributed by atoms with Crippen LogP contribution in [0, 0.1) is 22.7 Å². The van der Waals surface area contributed by atoms with Gasteiger partial charge in [-0.15, -0.1) is 0 Å². The summed E-state index contributed by atoms with van der Waals surface area (Å²) in [5, 5.41) is 9.98. The lowest BCUT2D eigenvalue weighted by Crippen LogP contribution is -2.45. The molecule has 0 saturated heterocycles. The Morgan fingerprint density at radius 2 is 1.24 bits per heavy atom. The predicted molar refractivity (Wildman–Crippen MR) is 135 cm³/mol. The summed E-state index contributed by atoms with van der Waals surface area (Å²) in [5.74, 6) is -5.77. The van der Waals surface area contributed by atoms with Crippen molar-refractivity contribution in [2.45, 2.75) is 47.0 Å². The van der Waals surface area contributed by atoms with Crippen molar-refractivity contribution < 1.29 is 33.5 Å². The highest BCUT2D eigenvalue weighted by Crippen LogP contribution is 2.30. The number of carbonyl (C=O) groups is 6. The van der Waals surface area contributed by atoms with Gasteiger partial charge in [0, 0.05) is 0 Å². The number of ether oxygens (including phenoxy) is 1. The van der Waals surface area contributed by atoms with E-state index in [1.807, 2.05) is 18.2 Å². The fourth-order valence-corrected chi connectivity index (χ4v) is 3.68. The van der Waals surface area contributed by atoms with Crippen LogP contribution in [0.15, 0.2) is 60.7 Å². The maximum atomic E-state index is 13.2. The zero-order chi connectivity index (χ0) is 28.0. The van der Waals surface area contributed by atoms with Gasteiger partial charge in [0.05, 0.1) is 12.7 Å². The third-order valence-corrected chi connectivity index (χ3v) is 5.34. The van der Waals surface area contributed by atoms with Crippen molar-refractivity contribution in [1.82, 2.24) is 0 Å². The van der Waals surface area contributed by atoms with Crippen molar-refractivity contribution in [2.75, 3.05) is 6.61 Å². The SMILES string of the molecule is CC(=O)C(C(C)=O)C(=O)C(=O)C(C#N)(Cc1ccccc1)Cc1ccccc1.CCOC(=O)CC(C)=O. The summed E-state index contributed by atoms with van der Waals surface area (Å²) < 4.78 is 4.49. The highest BCUT2D eigenvalue weighted by atomic mass is 16.5. The molecule has 0 atom stereocenters. The Balaban J connectivity index is 0.000000649. The number of esters is 1. The van der Waals surface area contributed by atoms with E-state index >= 15 is 0 Å². The number of rotatable bonds is 12. The molecule has 0 spiro atoms. The van der Waals surface area contributed by atoms with Gasteiger partial charge in [0.25, 0.3) is 0 Å². The quantitative estimate of drug-likeness (QED) is 0.243. The average Bonchev–Trinajstić information content (AvgIpc) is 2.84. The fraction of sp³-hybridized carbons (Fsp3) is 0.345. The monoisotopic (exact) mass is 505 g/mol. The highest BCUT2D eigenvalue weighted by Gasteiger charge is 2.46. The van der Waals surface area contributed by atoms with Crippen LogP contribution in [0.1, 0.15) is 45.2 Å². The van der Waals surface area contributed by atoms with Crippen molar-refractivity contribution >= 4 is 34.9 Å². The smallest absolute Gasteiger partial charge is 0.313 e. The molecule has 8 nitrogen and oxygen atoms in total. The molecule has 2 aromatic carbocycles. The minimum Gasteiger partial charge on any atom is -0.466 e. The van der Waals surface area contributed by atoms with Gasteiger partial charge < -0.3 is 4.74 Å². The summed E-state index contributed by atoms with van der Waals surface area (Å²) in [7, 11) is 0. The molecule has 0 radical (unpaired) electrons. The third-order valence-electron chi connectivity index (χ3n) is 5.34. The van der Waals surface area contributed by atoms with E-state index in [1.54, 1.807) is 55.5 Å².